The molecule has 0 saturated carbocycles. The molecule has 1 aromatic heterocycles. The molecule has 1 rings (SSSR count). The number of nitro groups is 1. The first-order chi connectivity index (χ1) is 8.88. The van der Waals surface area contributed by atoms with Crippen LogP contribution < -0.4 is 0 Å². The predicted octanol–water partition coefficient (Wildman–Crippen LogP) is 2.34. The van der Waals surface area contributed by atoms with E-state index in [9.17, 15) is 23.7 Å². The lowest BCUT2D eigenvalue weighted by atomic mass is 10.1. The maximum absolute atomic E-state index is 12.6. The summed E-state index contributed by atoms with van der Waals surface area (Å²) in [4.78, 5) is 24.9. The molecule has 0 unspecified atom stereocenters. The van der Waals surface area contributed by atoms with E-state index in [1.54, 1.807) is 6.92 Å². The van der Waals surface area contributed by atoms with E-state index < -0.39 is 28.7 Å². The highest BCUT2D eigenvalue weighted by Gasteiger charge is 2.26. The fraction of sp³-hybridized carbons (Fsp3) is 0.455. The number of halogens is 2. The highest BCUT2D eigenvalue weighted by Crippen LogP contribution is 2.30. The van der Waals surface area contributed by atoms with Crippen molar-refractivity contribution >= 4 is 11.7 Å². The van der Waals surface area contributed by atoms with E-state index in [1.165, 1.54) is 6.92 Å². The predicted molar refractivity (Wildman–Crippen MR) is 60.9 cm³/mol. The average Bonchev–Trinajstić information content (AvgIpc) is 2.28. The van der Waals surface area contributed by atoms with E-state index in [2.05, 4.69) is 9.72 Å². The van der Waals surface area contributed by atoms with Gasteiger partial charge in [-0.3, -0.25) is 19.9 Å². The zero-order chi connectivity index (χ0) is 14.6. The molecule has 0 aromatic carbocycles. The third kappa shape index (κ3) is 3.43. The number of hydrogen-bond donors (Lipinski definition) is 0. The summed E-state index contributed by atoms with van der Waals surface area (Å²) >= 11 is 0. The van der Waals surface area contributed by atoms with Crippen LogP contribution in [0.5, 0.6) is 0 Å². The van der Waals surface area contributed by atoms with Crippen molar-refractivity contribution < 1.29 is 23.2 Å². The minimum Gasteiger partial charge on any atom is -0.466 e. The van der Waals surface area contributed by atoms with Crippen molar-refractivity contribution in [2.24, 2.45) is 0 Å². The van der Waals surface area contributed by atoms with E-state index in [1.807, 2.05) is 0 Å². The van der Waals surface area contributed by atoms with Gasteiger partial charge in [0.2, 0.25) is 0 Å². The van der Waals surface area contributed by atoms with Gasteiger partial charge in [-0.25, -0.2) is 8.78 Å². The molecular weight excluding hydrogens is 262 g/mol. The Kier molecular flexibility index (Phi) is 4.85. The molecule has 0 atom stereocenters. The molecule has 19 heavy (non-hydrogen) atoms. The zero-order valence-corrected chi connectivity index (χ0v) is 10.4. The van der Waals surface area contributed by atoms with Gasteiger partial charge >= 0.3 is 5.97 Å². The van der Waals surface area contributed by atoms with Gasteiger partial charge in [0.15, 0.2) is 0 Å². The molecule has 1 heterocycles. The van der Waals surface area contributed by atoms with Gasteiger partial charge in [0, 0.05) is 6.20 Å². The quantitative estimate of drug-likeness (QED) is 0.467. The second-order valence-electron chi connectivity index (χ2n) is 3.68. The van der Waals surface area contributed by atoms with Crippen LogP contribution in [0.2, 0.25) is 0 Å². The Morgan fingerprint density at radius 2 is 2.21 bits per heavy atom. The maximum Gasteiger partial charge on any atom is 0.310 e. The van der Waals surface area contributed by atoms with Crippen molar-refractivity contribution in [2.45, 2.75) is 26.7 Å². The van der Waals surface area contributed by atoms with Gasteiger partial charge in [0.25, 0.3) is 12.1 Å². The largest absolute Gasteiger partial charge is 0.466 e. The Balaban J connectivity index is 3.22. The topological polar surface area (TPSA) is 82.3 Å². The molecule has 104 valence electrons. The Morgan fingerprint density at radius 3 is 2.68 bits per heavy atom. The van der Waals surface area contributed by atoms with Gasteiger partial charge in [0.05, 0.1) is 29.1 Å². The summed E-state index contributed by atoms with van der Waals surface area (Å²) in [5.41, 5.74) is -1.44. The number of pyridine rings is 1. The Bertz CT molecular complexity index is 506. The third-order valence-corrected chi connectivity index (χ3v) is 2.43. The van der Waals surface area contributed by atoms with Crippen LogP contribution >= 0.6 is 0 Å². The molecule has 0 fully saturated rings. The number of hydrogen-bond acceptors (Lipinski definition) is 5. The molecule has 0 N–H and O–H groups in total. The average molecular weight is 274 g/mol. The lowest BCUT2D eigenvalue weighted by Crippen LogP contribution is -2.11. The van der Waals surface area contributed by atoms with Gasteiger partial charge in [-0.15, -0.1) is 0 Å². The highest BCUT2D eigenvalue weighted by molar-refractivity contribution is 5.74. The van der Waals surface area contributed by atoms with Crippen LogP contribution in [0.25, 0.3) is 0 Å². The molecule has 0 aliphatic rings. The van der Waals surface area contributed by atoms with E-state index in [0.717, 1.165) is 6.20 Å². The summed E-state index contributed by atoms with van der Waals surface area (Å²) in [6.07, 6.45) is -2.36. The molecule has 8 heteroatoms. The van der Waals surface area contributed by atoms with Gasteiger partial charge in [-0.05, 0) is 13.8 Å². The molecular formula is C11H12F2N2O4. The lowest BCUT2D eigenvalue weighted by Gasteiger charge is -2.08. The summed E-state index contributed by atoms with van der Waals surface area (Å²) in [7, 11) is 0. The van der Waals surface area contributed by atoms with Crippen LogP contribution in [-0.4, -0.2) is 22.5 Å². The minimum atomic E-state index is -2.91. The summed E-state index contributed by atoms with van der Waals surface area (Å²) in [5.74, 6) is -0.670. The number of carbonyl (C=O) groups is 1. The first kappa shape index (κ1) is 14.9. The van der Waals surface area contributed by atoms with Crippen molar-refractivity contribution in [3.63, 3.8) is 0 Å². The smallest absolute Gasteiger partial charge is 0.310 e. The monoisotopic (exact) mass is 274 g/mol. The van der Waals surface area contributed by atoms with Crippen molar-refractivity contribution in [1.82, 2.24) is 4.98 Å². The maximum atomic E-state index is 12.6. The fourth-order valence-corrected chi connectivity index (χ4v) is 1.64. The van der Waals surface area contributed by atoms with Gasteiger partial charge in [-0.1, -0.05) is 0 Å². The van der Waals surface area contributed by atoms with Gasteiger partial charge in [0.1, 0.15) is 5.69 Å². The fourth-order valence-electron chi connectivity index (χ4n) is 1.64. The molecule has 6 nitrogen and oxygen atoms in total. The van der Waals surface area contributed by atoms with Crippen molar-refractivity contribution in [2.75, 3.05) is 6.61 Å². The summed E-state index contributed by atoms with van der Waals surface area (Å²) in [6, 6.07) is 0. The first-order valence-electron chi connectivity index (χ1n) is 5.45. The summed E-state index contributed by atoms with van der Waals surface area (Å²) in [6.45, 7) is 2.91. The van der Waals surface area contributed by atoms with E-state index in [-0.39, 0.29) is 24.2 Å². The molecule has 0 bridgehead atoms. The van der Waals surface area contributed by atoms with E-state index in [4.69, 9.17) is 0 Å². The number of nitrogens with zero attached hydrogens (tertiary/aromatic N) is 2. The number of ether oxygens (including phenoxy) is 1. The standard InChI is InChI=1S/C11H12F2N2O4/c1-3-19-8(16)4-7-5-14-9(11(12)13)6(2)10(7)15(17)18/h5,11H,3-4H2,1-2H3. The molecule has 1 aromatic rings. The molecule has 0 saturated heterocycles. The number of aromatic nitrogens is 1. The summed E-state index contributed by atoms with van der Waals surface area (Å²) in [5, 5.41) is 10.9. The second-order valence-corrected chi connectivity index (χ2v) is 3.68. The number of esters is 1. The summed E-state index contributed by atoms with van der Waals surface area (Å²) < 4.78 is 29.9. The van der Waals surface area contributed by atoms with Crippen LogP contribution in [-0.2, 0) is 16.0 Å². The first-order valence-corrected chi connectivity index (χ1v) is 5.45. The number of alkyl halides is 2. The Hall–Kier alpha value is -2.12. The normalized spacial score (nSPS) is 10.6. The highest BCUT2D eigenvalue weighted by atomic mass is 19.3. The number of carbonyl (C=O) groups excluding carboxylic acids is 1. The minimum absolute atomic E-state index is 0.0367. The van der Waals surface area contributed by atoms with Crippen LogP contribution in [0, 0.1) is 17.0 Å². The molecule has 0 aliphatic heterocycles. The van der Waals surface area contributed by atoms with Crippen LogP contribution in [0.3, 0.4) is 0 Å². The second kappa shape index (κ2) is 6.17. The van der Waals surface area contributed by atoms with Crippen molar-refractivity contribution in [3.8, 4) is 0 Å². The van der Waals surface area contributed by atoms with E-state index in [0.29, 0.717) is 0 Å². The Morgan fingerprint density at radius 1 is 1.58 bits per heavy atom. The number of rotatable bonds is 5. The lowest BCUT2D eigenvalue weighted by molar-refractivity contribution is -0.386. The SMILES string of the molecule is CCOC(=O)Cc1cnc(C(F)F)c(C)c1[N+](=O)[O-]. The molecule has 0 radical (unpaired) electrons. The zero-order valence-electron chi connectivity index (χ0n) is 10.4. The van der Waals surface area contributed by atoms with Gasteiger partial charge < -0.3 is 4.74 Å². The third-order valence-electron chi connectivity index (χ3n) is 2.43. The molecule has 0 spiro atoms. The van der Waals surface area contributed by atoms with Gasteiger partial charge in [-0.2, -0.15) is 0 Å². The van der Waals surface area contributed by atoms with Crippen LogP contribution in [0.4, 0.5) is 14.5 Å². The van der Waals surface area contributed by atoms with Crippen molar-refractivity contribution in [1.29, 1.82) is 0 Å². The Labute approximate surface area is 107 Å². The van der Waals surface area contributed by atoms with Crippen LogP contribution in [0.1, 0.15) is 30.2 Å². The van der Waals surface area contributed by atoms with E-state index >= 15 is 0 Å². The molecule has 0 amide bonds. The van der Waals surface area contributed by atoms with Crippen LogP contribution in [0.15, 0.2) is 6.20 Å². The molecule has 0 aliphatic carbocycles. The van der Waals surface area contributed by atoms with Crippen molar-refractivity contribution in [3.05, 3.63) is 33.1 Å².